The molecule has 1 aliphatic rings. The number of benzene rings is 2. The number of nitrogens with zero attached hydrogens (tertiary/aromatic N) is 2. The molecule has 158 valence electrons. The van der Waals surface area contributed by atoms with Gasteiger partial charge in [-0.3, -0.25) is 9.59 Å². The Morgan fingerprint density at radius 2 is 1.90 bits per heavy atom. The molecule has 6 nitrogen and oxygen atoms in total. The molecule has 1 saturated heterocycles. The van der Waals surface area contributed by atoms with E-state index in [1.54, 1.807) is 12.1 Å². The van der Waals surface area contributed by atoms with Crippen molar-refractivity contribution >= 4 is 33.6 Å². The number of para-hydroxylation sites is 1. The summed E-state index contributed by atoms with van der Waals surface area (Å²) in [4.78, 5) is 27.3. The molecule has 2 aromatic heterocycles. The number of aryl methyl sites for hydroxylation is 1. The Morgan fingerprint density at radius 3 is 2.74 bits per heavy atom. The monoisotopic (exact) mass is 415 g/mol. The van der Waals surface area contributed by atoms with Crippen LogP contribution < -0.4 is 5.32 Å². The molecule has 0 radical (unpaired) electrons. The lowest BCUT2D eigenvalue weighted by Crippen LogP contribution is -2.43. The summed E-state index contributed by atoms with van der Waals surface area (Å²) in [5.41, 5.74) is 2.99. The molecular weight excluding hydrogens is 390 g/mol. The highest BCUT2D eigenvalue weighted by Crippen LogP contribution is 2.29. The molecule has 1 fully saturated rings. The average molecular weight is 415 g/mol. The number of hydrogen-bond donors (Lipinski definition) is 1. The maximum absolute atomic E-state index is 13.3. The molecule has 4 aromatic rings. The summed E-state index contributed by atoms with van der Waals surface area (Å²) in [6, 6.07) is 17.6. The summed E-state index contributed by atoms with van der Waals surface area (Å²) in [7, 11) is 2.05. The summed E-state index contributed by atoms with van der Waals surface area (Å²) in [5, 5.41) is 5.19. The van der Waals surface area contributed by atoms with E-state index >= 15 is 0 Å². The molecule has 0 bridgehead atoms. The maximum Gasteiger partial charge on any atom is 0.286 e. The van der Waals surface area contributed by atoms with Gasteiger partial charge in [0.05, 0.1) is 6.26 Å². The number of amides is 2. The Morgan fingerprint density at radius 1 is 1.06 bits per heavy atom. The number of rotatable bonds is 4. The summed E-state index contributed by atoms with van der Waals surface area (Å²) in [5.74, 6) is 0.386. The van der Waals surface area contributed by atoms with E-state index in [-0.39, 0.29) is 17.7 Å². The Balaban J connectivity index is 1.32. The summed E-state index contributed by atoms with van der Waals surface area (Å²) >= 11 is 0. The van der Waals surface area contributed by atoms with Gasteiger partial charge in [0.2, 0.25) is 0 Å². The van der Waals surface area contributed by atoms with Gasteiger partial charge >= 0.3 is 0 Å². The molecule has 0 saturated carbocycles. The third-order valence-corrected chi connectivity index (χ3v) is 6.26. The first-order chi connectivity index (χ1) is 15.1. The first-order valence-corrected chi connectivity index (χ1v) is 10.7. The molecule has 3 heterocycles. The molecule has 6 heteroatoms. The first kappa shape index (κ1) is 19.4. The molecule has 1 atom stereocenters. The average Bonchev–Trinajstić information content (AvgIpc) is 3.45. The lowest BCUT2D eigenvalue weighted by atomic mass is 9.97. The van der Waals surface area contributed by atoms with E-state index in [2.05, 4.69) is 29.1 Å². The Labute approximate surface area is 180 Å². The number of nitrogens with one attached hydrogen (secondary N) is 1. The van der Waals surface area contributed by atoms with Crippen LogP contribution in [0, 0.1) is 5.92 Å². The number of carbonyl (C=O) groups excluding carboxylic acids is 2. The second kappa shape index (κ2) is 7.95. The van der Waals surface area contributed by atoms with Gasteiger partial charge in [0.25, 0.3) is 11.8 Å². The standard InChI is InChI=1S/C25H25N3O3/c1-27-21-8-3-2-7-19(21)20-14-18(10-11-22(20)27)25(30)28-12-4-6-17(16-28)15-26-24(29)23-9-5-13-31-23/h2-3,5,7-11,13-14,17H,4,6,12,15-16H2,1H3,(H,26,29)/t17-/m1/s1. The van der Waals surface area contributed by atoms with E-state index in [4.69, 9.17) is 4.42 Å². The second-order valence-electron chi connectivity index (χ2n) is 8.25. The van der Waals surface area contributed by atoms with Crippen LogP contribution in [0.15, 0.2) is 65.3 Å². The van der Waals surface area contributed by atoms with Crippen LogP contribution in [0.1, 0.15) is 33.8 Å². The molecule has 0 spiro atoms. The van der Waals surface area contributed by atoms with E-state index in [0.717, 1.165) is 41.2 Å². The van der Waals surface area contributed by atoms with Crippen LogP contribution in [-0.4, -0.2) is 40.9 Å². The highest BCUT2D eigenvalue weighted by Gasteiger charge is 2.25. The van der Waals surface area contributed by atoms with Crippen molar-refractivity contribution in [3.63, 3.8) is 0 Å². The van der Waals surface area contributed by atoms with Gasteiger partial charge in [0.15, 0.2) is 5.76 Å². The van der Waals surface area contributed by atoms with Gasteiger partial charge in [-0.05, 0) is 55.2 Å². The fourth-order valence-electron chi connectivity index (χ4n) is 4.63. The molecule has 1 N–H and O–H groups in total. The van der Waals surface area contributed by atoms with Crippen LogP contribution in [0.4, 0.5) is 0 Å². The number of furan rings is 1. The largest absolute Gasteiger partial charge is 0.459 e. The van der Waals surface area contributed by atoms with Gasteiger partial charge in [-0.2, -0.15) is 0 Å². The minimum atomic E-state index is -0.213. The van der Waals surface area contributed by atoms with Gasteiger partial charge in [-0.15, -0.1) is 0 Å². The van der Waals surface area contributed by atoms with Crippen LogP contribution in [-0.2, 0) is 7.05 Å². The van der Waals surface area contributed by atoms with E-state index in [9.17, 15) is 9.59 Å². The van der Waals surface area contributed by atoms with Crippen LogP contribution in [0.25, 0.3) is 21.8 Å². The summed E-state index contributed by atoms with van der Waals surface area (Å²) < 4.78 is 7.31. The maximum atomic E-state index is 13.3. The van der Waals surface area contributed by atoms with Crippen LogP contribution in [0.5, 0.6) is 0 Å². The normalized spacial score (nSPS) is 16.7. The predicted molar refractivity (Wildman–Crippen MR) is 120 cm³/mol. The Hall–Kier alpha value is -3.54. The number of hydrogen-bond acceptors (Lipinski definition) is 3. The number of fused-ring (bicyclic) bond motifs is 3. The fraction of sp³-hybridized carbons (Fsp3) is 0.280. The van der Waals surface area contributed by atoms with Crippen molar-refractivity contribution < 1.29 is 14.0 Å². The highest BCUT2D eigenvalue weighted by atomic mass is 16.3. The molecule has 1 aliphatic heterocycles. The van der Waals surface area contributed by atoms with Crippen LogP contribution >= 0.6 is 0 Å². The quantitative estimate of drug-likeness (QED) is 0.543. The van der Waals surface area contributed by atoms with Crippen LogP contribution in [0.3, 0.4) is 0 Å². The van der Waals surface area contributed by atoms with Crippen molar-refractivity contribution in [3.05, 3.63) is 72.2 Å². The van der Waals surface area contributed by atoms with E-state index < -0.39 is 0 Å². The van der Waals surface area contributed by atoms with Gasteiger partial charge in [-0.25, -0.2) is 0 Å². The van der Waals surface area contributed by atoms with Gasteiger partial charge in [-0.1, -0.05) is 18.2 Å². The fourth-order valence-corrected chi connectivity index (χ4v) is 4.63. The third kappa shape index (κ3) is 3.58. The van der Waals surface area contributed by atoms with E-state index in [1.165, 1.54) is 6.26 Å². The molecule has 0 unspecified atom stereocenters. The zero-order chi connectivity index (χ0) is 21.4. The van der Waals surface area contributed by atoms with Crippen molar-refractivity contribution in [2.24, 2.45) is 13.0 Å². The number of likely N-dealkylation sites (tertiary alicyclic amines) is 1. The van der Waals surface area contributed by atoms with Gasteiger partial charge < -0.3 is 19.2 Å². The second-order valence-corrected chi connectivity index (χ2v) is 8.25. The number of piperidine rings is 1. The van der Waals surface area contributed by atoms with Crippen molar-refractivity contribution in [2.75, 3.05) is 19.6 Å². The Kier molecular flexibility index (Phi) is 4.98. The molecule has 2 amide bonds. The van der Waals surface area contributed by atoms with Crippen molar-refractivity contribution in [2.45, 2.75) is 12.8 Å². The molecule has 5 rings (SSSR count). The molecular formula is C25H25N3O3. The van der Waals surface area contributed by atoms with Gasteiger partial charge in [0, 0.05) is 54.1 Å². The number of aromatic nitrogens is 1. The highest BCUT2D eigenvalue weighted by molar-refractivity contribution is 6.10. The molecule has 31 heavy (non-hydrogen) atoms. The smallest absolute Gasteiger partial charge is 0.286 e. The third-order valence-electron chi connectivity index (χ3n) is 6.26. The zero-order valence-electron chi connectivity index (χ0n) is 17.5. The minimum absolute atomic E-state index is 0.0527. The van der Waals surface area contributed by atoms with Crippen molar-refractivity contribution in [1.29, 1.82) is 0 Å². The lowest BCUT2D eigenvalue weighted by molar-refractivity contribution is 0.0670. The van der Waals surface area contributed by atoms with Crippen LogP contribution in [0.2, 0.25) is 0 Å². The predicted octanol–water partition coefficient (Wildman–Crippen LogP) is 4.21. The van der Waals surface area contributed by atoms with Gasteiger partial charge in [0.1, 0.15) is 0 Å². The molecule has 2 aromatic carbocycles. The van der Waals surface area contributed by atoms with Crippen molar-refractivity contribution in [3.8, 4) is 0 Å². The Bertz CT molecular complexity index is 1260. The van der Waals surface area contributed by atoms with Crippen molar-refractivity contribution in [1.82, 2.24) is 14.8 Å². The van der Waals surface area contributed by atoms with E-state index in [0.29, 0.717) is 24.4 Å². The zero-order valence-corrected chi connectivity index (χ0v) is 17.5. The summed E-state index contributed by atoms with van der Waals surface area (Å²) in [6.45, 7) is 1.92. The number of carbonyl (C=O) groups is 2. The lowest BCUT2D eigenvalue weighted by Gasteiger charge is -2.33. The topological polar surface area (TPSA) is 67.5 Å². The first-order valence-electron chi connectivity index (χ1n) is 10.7. The SMILES string of the molecule is Cn1c2ccccc2c2cc(C(=O)N3CCC[C@H](CNC(=O)c4ccco4)C3)ccc21. The van der Waals surface area contributed by atoms with E-state index in [1.807, 2.05) is 35.2 Å². The minimum Gasteiger partial charge on any atom is -0.459 e. The summed E-state index contributed by atoms with van der Waals surface area (Å²) in [6.07, 6.45) is 3.41. The molecule has 0 aliphatic carbocycles.